The summed E-state index contributed by atoms with van der Waals surface area (Å²) in [5.41, 5.74) is 0. The van der Waals surface area contributed by atoms with Gasteiger partial charge in [0.1, 0.15) is 6.10 Å². The Hall–Kier alpha value is -0.300. The summed E-state index contributed by atoms with van der Waals surface area (Å²) in [6.07, 6.45) is 2.29. The predicted octanol–water partition coefficient (Wildman–Crippen LogP) is 0.739. The molecule has 0 aromatic rings. The van der Waals surface area contributed by atoms with Gasteiger partial charge in [-0.25, -0.2) is 0 Å². The number of rotatable bonds is 5. The molecule has 0 aliphatic carbocycles. The van der Waals surface area contributed by atoms with Crippen LogP contribution in [0.3, 0.4) is 0 Å². The van der Waals surface area contributed by atoms with E-state index in [2.05, 4.69) is 10.6 Å². The van der Waals surface area contributed by atoms with Gasteiger partial charge in [-0.1, -0.05) is 0 Å². The summed E-state index contributed by atoms with van der Waals surface area (Å²) in [7, 11) is 0. The van der Waals surface area contributed by atoms with Crippen LogP contribution in [0.25, 0.3) is 0 Å². The summed E-state index contributed by atoms with van der Waals surface area (Å²) in [4.78, 5) is 11.8. The molecule has 0 bridgehead atoms. The SMILES string of the molecule is CC1(C)OCC(CNC(=O)CSC2CCNCC2)O1. The third-order valence-corrected chi connectivity index (χ3v) is 4.70. The van der Waals surface area contributed by atoms with Gasteiger partial charge in [0.05, 0.1) is 12.4 Å². The van der Waals surface area contributed by atoms with E-state index in [1.807, 2.05) is 13.8 Å². The Kier molecular flexibility index (Phi) is 5.50. The molecule has 2 rings (SSSR count). The number of ether oxygens (including phenoxy) is 2. The van der Waals surface area contributed by atoms with Gasteiger partial charge in [0, 0.05) is 11.8 Å². The molecule has 0 radical (unpaired) electrons. The minimum Gasteiger partial charge on any atom is -0.353 e. The van der Waals surface area contributed by atoms with E-state index >= 15 is 0 Å². The van der Waals surface area contributed by atoms with E-state index in [1.165, 1.54) is 0 Å². The van der Waals surface area contributed by atoms with Crippen molar-refractivity contribution in [3.63, 3.8) is 0 Å². The van der Waals surface area contributed by atoms with Gasteiger partial charge in [-0.15, -0.1) is 11.8 Å². The summed E-state index contributed by atoms with van der Waals surface area (Å²) in [5, 5.41) is 6.87. The summed E-state index contributed by atoms with van der Waals surface area (Å²) < 4.78 is 11.1. The summed E-state index contributed by atoms with van der Waals surface area (Å²) in [6, 6.07) is 0. The maximum absolute atomic E-state index is 11.8. The number of thioether (sulfide) groups is 1. The smallest absolute Gasteiger partial charge is 0.230 e. The molecule has 110 valence electrons. The quantitative estimate of drug-likeness (QED) is 0.781. The molecule has 1 unspecified atom stereocenters. The molecule has 2 fully saturated rings. The second-order valence-electron chi connectivity index (χ2n) is 5.52. The average Bonchev–Trinajstić information content (AvgIpc) is 2.75. The molecule has 2 saturated heterocycles. The molecule has 0 spiro atoms. The van der Waals surface area contributed by atoms with Gasteiger partial charge < -0.3 is 20.1 Å². The van der Waals surface area contributed by atoms with Crippen LogP contribution in [0.5, 0.6) is 0 Å². The molecule has 19 heavy (non-hydrogen) atoms. The van der Waals surface area contributed by atoms with Gasteiger partial charge in [0.25, 0.3) is 0 Å². The van der Waals surface area contributed by atoms with E-state index in [9.17, 15) is 4.79 Å². The third-order valence-electron chi connectivity index (χ3n) is 3.33. The van der Waals surface area contributed by atoms with Gasteiger partial charge in [0.15, 0.2) is 5.79 Å². The number of carbonyl (C=O) groups excluding carboxylic acids is 1. The van der Waals surface area contributed by atoms with Crippen molar-refractivity contribution in [2.75, 3.05) is 32.0 Å². The molecular formula is C13H24N2O3S. The number of nitrogens with one attached hydrogen (secondary N) is 2. The minimum absolute atomic E-state index is 0.0252. The van der Waals surface area contributed by atoms with Crippen molar-refractivity contribution in [1.29, 1.82) is 0 Å². The molecular weight excluding hydrogens is 264 g/mol. The summed E-state index contributed by atoms with van der Waals surface area (Å²) >= 11 is 1.76. The maximum atomic E-state index is 11.8. The van der Waals surface area contributed by atoms with E-state index < -0.39 is 5.79 Å². The highest BCUT2D eigenvalue weighted by Crippen LogP contribution is 2.22. The molecule has 0 aromatic carbocycles. The van der Waals surface area contributed by atoms with Crippen molar-refractivity contribution in [2.24, 2.45) is 0 Å². The first-order valence-electron chi connectivity index (χ1n) is 6.96. The van der Waals surface area contributed by atoms with Crippen molar-refractivity contribution in [2.45, 2.75) is 43.8 Å². The van der Waals surface area contributed by atoms with Gasteiger partial charge in [-0.3, -0.25) is 4.79 Å². The van der Waals surface area contributed by atoms with Crippen molar-refractivity contribution < 1.29 is 14.3 Å². The third kappa shape index (κ3) is 5.30. The van der Waals surface area contributed by atoms with E-state index in [1.54, 1.807) is 11.8 Å². The summed E-state index contributed by atoms with van der Waals surface area (Å²) in [6.45, 7) is 7.01. The first-order valence-corrected chi connectivity index (χ1v) is 8.01. The largest absolute Gasteiger partial charge is 0.353 e. The van der Waals surface area contributed by atoms with Crippen LogP contribution < -0.4 is 10.6 Å². The van der Waals surface area contributed by atoms with E-state index in [0.717, 1.165) is 25.9 Å². The fourth-order valence-corrected chi connectivity index (χ4v) is 3.36. The lowest BCUT2D eigenvalue weighted by molar-refractivity contribution is -0.139. The van der Waals surface area contributed by atoms with Crippen LogP contribution in [-0.2, 0) is 14.3 Å². The van der Waals surface area contributed by atoms with Crippen LogP contribution in [0.15, 0.2) is 0 Å². The topological polar surface area (TPSA) is 59.6 Å². The number of hydrogen-bond acceptors (Lipinski definition) is 5. The van der Waals surface area contributed by atoms with Gasteiger partial charge in [-0.05, 0) is 39.8 Å². The molecule has 2 aliphatic heterocycles. The molecule has 2 aliphatic rings. The van der Waals surface area contributed by atoms with Crippen LogP contribution in [0.2, 0.25) is 0 Å². The molecule has 0 saturated carbocycles. The fourth-order valence-electron chi connectivity index (χ4n) is 2.30. The van der Waals surface area contributed by atoms with Gasteiger partial charge in [-0.2, -0.15) is 0 Å². The van der Waals surface area contributed by atoms with Crippen LogP contribution >= 0.6 is 11.8 Å². The molecule has 5 nitrogen and oxygen atoms in total. The van der Waals surface area contributed by atoms with E-state index in [0.29, 0.717) is 24.2 Å². The molecule has 1 amide bonds. The zero-order valence-electron chi connectivity index (χ0n) is 11.7. The average molecular weight is 288 g/mol. The lowest BCUT2D eigenvalue weighted by atomic mass is 10.2. The lowest BCUT2D eigenvalue weighted by Crippen LogP contribution is -2.36. The highest BCUT2D eigenvalue weighted by atomic mass is 32.2. The number of carbonyl (C=O) groups is 1. The Morgan fingerprint density at radius 2 is 2.16 bits per heavy atom. The van der Waals surface area contributed by atoms with Gasteiger partial charge in [0.2, 0.25) is 5.91 Å². The molecule has 1 atom stereocenters. The maximum Gasteiger partial charge on any atom is 0.230 e. The molecule has 2 N–H and O–H groups in total. The first kappa shape index (κ1) is 15.1. The Labute approximate surface area is 119 Å². The van der Waals surface area contributed by atoms with Crippen LogP contribution in [0, 0.1) is 0 Å². The number of hydrogen-bond donors (Lipinski definition) is 2. The number of amides is 1. The highest BCUT2D eigenvalue weighted by Gasteiger charge is 2.32. The fraction of sp³-hybridized carbons (Fsp3) is 0.923. The molecule has 2 heterocycles. The Bertz CT molecular complexity index is 306. The second-order valence-corrected chi connectivity index (χ2v) is 6.80. The van der Waals surface area contributed by atoms with Crippen LogP contribution in [0.4, 0.5) is 0 Å². The van der Waals surface area contributed by atoms with Crippen molar-refractivity contribution in [3.8, 4) is 0 Å². The second kappa shape index (κ2) is 6.92. The number of piperidine rings is 1. The molecule has 6 heteroatoms. The Morgan fingerprint density at radius 3 is 2.79 bits per heavy atom. The van der Waals surface area contributed by atoms with Crippen molar-refractivity contribution in [1.82, 2.24) is 10.6 Å². The van der Waals surface area contributed by atoms with Crippen LogP contribution in [0.1, 0.15) is 26.7 Å². The minimum atomic E-state index is -0.515. The Balaban J connectivity index is 1.57. The standard InChI is InChI=1S/C13H24N2O3S/c1-13(2)17-8-10(18-13)7-15-12(16)9-19-11-3-5-14-6-4-11/h10-11,14H,3-9H2,1-2H3,(H,15,16). The van der Waals surface area contributed by atoms with Gasteiger partial charge >= 0.3 is 0 Å². The van der Waals surface area contributed by atoms with Crippen molar-refractivity contribution >= 4 is 17.7 Å². The summed E-state index contributed by atoms with van der Waals surface area (Å²) in [5.74, 6) is 0.123. The molecule has 0 aromatic heterocycles. The monoisotopic (exact) mass is 288 g/mol. The zero-order chi connectivity index (χ0) is 13.7. The van der Waals surface area contributed by atoms with Crippen LogP contribution in [-0.4, -0.2) is 55.0 Å². The van der Waals surface area contributed by atoms with Crippen molar-refractivity contribution in [3.05, 3.63) is 0 Å². The van der Waals surface area contributed by atoms with E-state index in [4.69, 9.17) is 9.47 Å². The zero-order valence-corrected chi connectivity index (χ0v) is 12.6. The highest BCUT2D eigenvalue weighted by molar-refractivity contribution is 8.00. The van der Waals surface area contributed by atoms with E-state index in [-0.39, 0.29) is 12.0 Å². The normalized spacial score (nSPS) is 27.4. The Morgan fingerprint density at radius 1 is 1.42 bits per heavy atom. The first-order chi connectivity index (χ1) is 9.05. The predicted molar refractivity (Wildman–Crippen MR) is 76.3 cm³/mol. The lowest BCUT2D eigenvalue weighted by Gasteiger charge is -2.22.